The van der Waals surface area contributed by atoms with Crippen LogP contribution in [0.3, 0.4) is 0 Å². The molecule has 3 rings (SSSR count). The average Bonchev–Trinajstić information content (AvgIpc) is 2.68. The van der Waals surface area contributed by atoms with E-state index >= 15 is 0 Å². The van der Waals surface area contributed by atoms with Crippen LogP contribution in [0, 0.1) is 18.3 Å². The molecule has 0 unspecified atom stereocenters. The first-order valence-electron chi connectivity index (χ1n) is 8.16. The Balaban J connectivity index is 1.84. The van der Waals surface area contributed by atoms with Gasteiger partial charge in [-0.05, 0) is 31.2 Å². The number of methoxy groups -OCH3 is 1. The molecule has 0 spiro atoms. The molecule has 7 heteroatoms. The monoisotopic (exact) mass is 359 g/mol. The Morgan fingerprint density at radius 2 is 1.93 bits per heavy atom. The lowest BCUT2D eigenvalue weighted by molar-refractivity contribution is 0.102. The van der Waals surface area contributed by atoms with Crippen LogP contribution in [0.4, 0.5) is 17.2 Å². The van der Waals surface area contributed by atoms with Gasteiger partial charge in [-0.2, -0.15) is 5.26 Å². The van der Waals surface area contributed by atoms with E-state index < -0.39 is 0 Å². The lowest BCUT2D eigenvalue weighted by atomic mass is 10.2. The summed E-state index contributed by atoms with van der Waals surface area (Å²) in [6, 6.07) is 17.8. The summed E-state index contributed by atoms with van der Waals surface area (Å²) in [4.78, 5) is 21.1. The van der Waals surface area contributed by atoms with Crippen molar-refractivity contribution in [3.63, 3.8) is 0 Å². The lowest BCUT2D eigenvalue weighted by Crippen LogP contribution is -2.15. The van der Waals surface area contributed by atoms with E-state index in [0.29, 0.717) is 34.3 Å². The molecular formula is C20H17N5O2. The molecule has 7 nitrogen and oxygen atoms in total. The molecule has 0 atom stereocenters. The Kier molecular flexibility index (Phi) is 5.28. The summed E-state index contributed by atoms with van der Waals surface area (Å²) in [5.74, 6) is 1.14. The lowest BCUT2D eigenvalue weighted by Gasteiger charge is -2.10. The number of nitrogens with one attached hydrogen (secondary N) is 2. The van der Waals surface area contributed by atoms with Gasteiger partial charge in [-0.25, -0.2) is 9.97 Å². The number of amides is 1. The molecule has 2 aromatic carbocycles. The number of carbonyl (C=O) groups is 1. The van der Waals surface area contributed by atoms with Crippen LogP contribution < -0.4 is 15.4 Å². The van der Waals surface area contributed by atoms with E-state index in [9.17, 15) is 10.1 Å². The van der Waals surface area contributed by atoms with Crippen LogP contribution in [-0.4, -0.2) is 23.0 Å². The highest BCUT2D eigenvalue weighted by Gasteiger charge is 2.12. The van der Waals surface area contributed by atoms with Crippen molar-refractivity contribution in [2.45, 2.75) is 6.92 Å². The van der Waals surface area contributed by atoms with E-state index in [1.165, 1.54) is 6.07 Å². The van der Waals surface area contributed by atoms with Crippen molar-refractivity contribution >= 4 is 23.1 Å². The molecular weight excluding hydrogens is 342 g/mol. The van der Waals surface area contributed by atoms with Gasteiger partial charge >= 0.3 is 0 Å². The number of aromatic nitrogens is 2. The van der Waals surface area contributed by atoms with Crippen molar-refractivity contribution in [1.29, 1.82) is 5.26 Å². The Bertz CT molecular complexity index is 1030. The molecule has 0 aliphatic rings. The first-order chi connectivity index (χ1) is 13.1. The Labute approximate surface area is 156 Å². The quantitative estimate of drug-likeness (QED) is 0.721. The number of para-hydroxylation sites is 1. The molecule has 0 bridgehead atoms. The minimum atomic E-state index is -0.370. The van der Waals surface area contributed by atoms with E-state index in [1.807, 2.05) is 6.07 Å². The molecule has 0 saturated heterocycles. The Hall–Kier alpha value is -3.92. The Morgan fingerprint density at radius 1 is 1.11 bits per heavy atom. The molecule has 3 aromatic rings. The summed E-state index contributed by atoms with van der Waals surface area (Å²) >= 11 is 0. The number of nitrogens with zero attached hydrogens (tertiary/aromatic N) is 3. The average molecular weight is 359 g/mol. The SMILES string of the molecule is COc1cccc(NC(=O)c2cc(Nc3ccccc3C#N)nc(C)n2)c1. The predicted molar refractivity (Wildman–Crippen MR) is 102 cm³/mol. The van der Waals surface area contributed by atoms with Gasteiger partial charge in [0.2, 0.25) is 0 Å². The third kappa shape index (κ3) is 4.38. The molecule has 27 heavy (non-hydrogen) atoms. The molecule has 1 amide bonds. The maximum absolute atomic E-state index is 12.6. The van der Waals surface area contributed by atoms with E-state index in [2.05, 4.69) is 26.7 Å². The first-order valence-corrected chi connectivity index (χ1v) is 8.16. The van der Waals surface area contributed by atoms with Gasteiger partial charge in [-0.1, -0.05) is 18.2 Å². The van der Waals surface area contributed by atoms with Gasteiger partial charge in [0.25, 0.3) is 5.91 Å². The largest absolute Gasteiger partial charge is 0.497 e. The van der Waals surface area contributed by atoms with Crippen molar-refractivity contribution in [2.24, 2.45) is 0 Å². The van der Waals surface area contributed by atoms with Crippen LogP contribution in [0.25, 0.3) is 0 Å². The van der Waals surface area contributed by atoms with Crippen LogP contribution in [0.2, 0.25) is 0 Å². The van der Waals surface area contributed by atoms with Crippen molar-refractivity contribution < 1.29 is 9.53 Å². The van der Waals surface area contributed by atoms with Crippen LogP contribution in [0.1, 0.15) is 21.9 Å². The smallest absolute Gasteiger partial charge is 0.274 e. The zero-order chi connectivity index (χ0) is 19.2. The standard InChI is InChI=1S/C20H17N5O2/c1-13-22-18(20(26)24-15-7-5-8-16(10-15)27-2)11-19(23-13)25-17-9-4-3-6-14(17)12-21/h3-11H,1-2H3,(H,24,26)(H,22,23,25). The van der Waals surface area contributed by atoms with Gasteiger partial charge in [-0.15, -0.1) is 0 Å². The van der Waals surface area contributed by atoms with Gasteiger partial charge in [0.15, 0.2) is 0 Å². The predicted octanol–water partition coefficient (Wildman–Crippen LogP) is 3.66. The highest BCUT2D eigenvalue weighted by Crippen LogP contribution is 2.21. The number of nitriles is 1. The minimum absolute atomic E-state index is 0.210. The molecule has 0 radical (unpaired) electrons. The van der Waals surface area contributed by atoms with E-state index in [4.69, 9.17) is 4.74 Å². The fourth-order valence-electron chi connectivity index (χ4n) is 2.47. The second-order valence-electron chi connectivity index (χ2n) is 5.65. The van der Waals surface area contributed by atoms with Crippen LogP contribution in [0.15, 0.2) is 54.6 Å². The third-order valence-electron chi connectivity index (χ3n) is 3.71. The first kappa shape index (κ1) is 17.9. The summed E-state index contributed by atoms with van der Waals surface area (Å²) in [6.45, 7) is 1.70. The number of benzene rings is 2. The topological polar surface area (TPSA) is 99.9 Å². The highest BCUT2D eigenvalue weighted by atomic mass is 16.5. The summed E-state index contributed by atoms with van der Waals surface area (Å²) in [5, 5.41) is 15.1. The molecule has 0 aliphatic carbocycles. The van der Waals surface area contributed by atoms with E-state index in [-0.39, 0.29) is 11.6 Å². The number of aryl methyl sites for hydroxylation is 1. The van der Waals surface area contributed by atoms with Gasteiger partial charge in [-0.3, -0.25) is 4.79 Å². The molecule has 134 valence electrons. The van der Waals surface area contributed by atoms with Crippen LogP contribution >= 0.6 is 0 Å². The number of rotatable bonds is 5. The second-order valence-corrected chi connectivity index (χ2v) is 5.65. The fourth-order valence-corrected chi connectivity index (χ4v) is 2.47. The number of ether oxygens (including phenoxy) is 1. The summed E-state index contributed by atoms with van der Waals surface area (Å²) < 4.78 is 5.16. The minimum Gasteiger partial charge on any atom is -0.497 e. The van der Waals surface area contributed by atoms with E-state index in [1.54, 1.807) is 56.5 Å². The molecule has 0 saturated carbocycles. The van der Waals surface area contributed by atoms with Crippen LogP contribution in [0.5, 0.6) is 5.75 Å². The maximum Gasteiger partial charge on any atom is 0.274 e. The van der Waals surface area contributed by atoms with E-state index in [0.717, 1.165) is 0 Å². The third-order valence-corrected chi connectivity index (χ3v) is 3.71. The van der Waals surface area contributed by atoms with Crippen molar-refractivity contribution in [1.82, 2.24) is 9.97 Å². The zero-order valence-electron chi connectivity index (χ0n) is 14.9. The number of hydrogen-bond acceptors (Lipinski definition) is 6. The van der Waals surface area contributed by atoms with Crippen molar-refractivity contribution in [3.8, 4) is 11.8 Å². The molecule has 2 N–H and O–H groups in total. The molecule has 1 heterocycles. The van der Waals surface area contributed by atoms with Gasteiger partial charge in [0, 0.05) is 17.8 Å². The summed E-state index contributed by atoms with van der Waals surface area (Å²) in [5.41, 5.74) is 1.90. The van der Waals surface area contributed by atoms with Gasteiger partial charge in [0.05, 0.1) is 18.4 Å². The fraction of sp³-hybridized carbons (Fsp3) is 0.100. The van der Waals surface area contributed by atoms with Crippen molar-refractivity contribution in [3.05, 3.63) is 71.7 Å². The number of hydrogen-bond donors (Lipinski definition) is 2. The second kappa shape index (κ2) is 7.97. The summed E-state index contributed by atoms with van der Waals surface area (Å²) in [6.07, 6.45) is 0. The number of carbonyl (C=O) groups excluding carboxylic acids is 1. The van der Waals surface area contributed by atoms with Crippen molar-refractivity contribution in [2.75, 3.05) is 17.7 Å². The summed E-state index contributed by atoms with van der Waals surface area (Å²) in [7, 11) is 1.56. The highest BCUT2D eigenvalue weighted by molar-refractivity contribution is 6.03. The zero-order valence-corrected chi connectivity index (χ0v) is 14.9. The Morgan fingerprint density at radius 3 is 2.70 bits per heavy atom. The van der Waals surface area contributed by atoms with Gasteiger partial charge < -0.3 is 15.4 Å². The van der Waals surface area contributed by atoms with Gasteiger partial charge in [0.1, 0.15) is 29.2 Å². The number of anilines is 3. The molecule has 0 aliphatic heterocycles. The molecule has 0 fully saturated rings. The normalized spacial score (nSPS) is 9.96. The maximum atomic E-state index is 12.6. The van der Waals surface area contributed by atoms with Crippen LogP contribution in [-0.2, 0) is 0 Å². The molecule has 1 aromatic heterocycles.